The molecule has 0 N–H and O–H groups in total. The smallest absolute Gasteiger partial charge is 0.465 e. The summed E-state index contributed by atoms with van der Waals surface area (Å²) in [4.78, 5) is 46.8. The van der Waals surface area contributed by atoms with Gasteiger partial charge in [-0.3, -0.25) is 4.79 Å². The lowest BCUT2D eigenvalue weighted by molar-refractivity contribution is -0.120. The zero-order valence-corrected chi connectivity index (χ0v) is 15.0. The fourth-order valence-corrected chi connectivity index (χ4v) is 2.19. The van der Waals surface area contributed by atoms with Crippen LogP contribution in [-0.4, -0.2) is 38.3 Å². The topological polar surface area (TPSA) is 114 Å². The van der Waals surface area contributed by atoms with Crippen molar-refractivity contribution in [2.75, 3.05) is 13.7 Å². The van der Waals surface area contributed by atoms with E-state index in [1.807, 2.05) is 0 Å². The number of benzene rings is 2. The number of ether oxygens (including phenoxy) is 5. The quantitative estimate of drug-likeness (QED) is 0.401. The van der Waals surface area contributed by atoms with Crippen LogP contribution in [0.4, 0.5) is 4.79 Å². The summed E-state index contributed by atoms with van der Waals surface area (Å²) in [5, 5.41) is 0. The highest BCUT2D eigenvalue weighted by Crippen LogP contribution is 2.30. The highest BCUT2D eigenvalue weighted by Gasteiger charge is 2.24. The molecule has 0 aliphatic carbocycles. The van der Waals surface area contributed by atoms with Crippen LogP contribution in [0.15, 0.2) is 42.5 Å². The van der Waals surface area contributed by atoms with Crippen LogP contribution < -0.4 is 14.2 Å². The van der Waals surface area contributed by atoms with Crippen LogP contribution in [0.3, 0.4) is 0 Å². The maximum Gasteiger partial charge on any atom is 0.519 e. The van der Waals surface area contributed by atoms with Gasteiger partial charge in [-0.1, -0.05) is 18.2 Å². The monoisotopic (exact) mass is 388 g/mol. The average molecular weight is 388 g/mol. The third kappa shape index (κ3) is 4.85. The van der Waals surface area contributed by atoms with Crippen LogP contribution in [-0.2, 0) is 14.3 Å². The maximum absolute atomic E-state index is 12.2. The number of para-hydroxylation sites is 1. The summed E-state index contributed by atoms with van der Waals surface area (Å²) in [7, 11) is 1.18. The molecule has 0 bridgehead atoms. The highest BCUT2D eigenvalue weighted by atomic mass is 16.7. The number of rotatable bonds is 7. The molecule has 9 heteroatoms. The molecule has 0 aliphatic heterocycles. The molecule has 0 atom stereocenters. The zero-order chi connectivity index (χ0) is 20.5. The Morgan fingerprint density at radius 2 is 1.54 bits per heavy atom. The lowest BCUT2D eigenvalue weighted by Gasteiger charge is -2.13. The molecule has 2 rings (SSSR count). The Balaban J connectivity index is 2.29. The first-order valence-electron chi connectivity index (χ1n) is 7.99. The van der Waals surface area contributed by atoms with E-state index < -0.39 is 18.1 Å². The lowest BCUT2D eigenvalue weighted by atomic mass is 10.2. The summed E-state index contributed by atoms with van der Waals surface area (Å²) in [5.74, 6) is -2.08. The Hall–Kier alpha value is -3.88. The van der Waals surface area contributed by atoms with Crippen molar-refractivity contribution in [3.8, 4) is 17.2 Å². The fourth-order valence-electron chi connectivity index (χ4n) is 2.19. The van der Waals surface area contributed by atoms with Gasteiger partial charge in [-0.2, -0.15) is 0 Å². The molecule has 0 saturated carbocycles. The number of carbonyl (C=O) groups excluding carboxylic acids is 4. The Morgan fingerprint density at radius 3 is 2.21 bits per heavy atom. The van der Waals surface area contributed by atoms with E-state index in [1.165, 1.54) is 43.5 Å². The Kier molecular flexibility index (Phi) is 7.09. The molecule has 28 heavy (non-hydrogen) atoms. The number of esters is 2. The van der Waals surface area contributed by atoms with Crippen molar-refractivity contribution in [3.05, 3.63) is 53.6 Å². The van der Waals surface area contributed by atoms with Gasteiger partial charge in [-0.25, -0.2) is 14.4 Å². The van der Waals surface area contributed by atoms with E-state index >= 15 is 0 Å². The second-order valence-corrected chi connectivity index (χ2v) is 5.01. The Bertz CT molecular complexity index is 889. The van der Waals surface area contributed by atoms with Crippen LogP contribution >= 0.6 is 0 Å². The molecule has 0 aliphatic rings. The minimum atomic E-state index is -1.23. The normalized spacial score (nSPS) is 9.79. The van der Waals surface area contributed by atoms with Crippen LogP contribution in [0.2, 0.25) is 0 Å². The van der Waals surface area contributed by atoms with Crippen molar-refractivity contribution in [1.82, 2.24) is 0 Å². The average Bonchev–Trinajstić information content (AvgIpc) is 2.68. The van der Waals surface area contributed by atoms with Gasteiger partial charge in [-0.15, -0.1) is 0 Å². The van der Waals surface area contributed by atoms with Crippen molar-refractivity contribution >= 4 is 24.6 Å². The minimum Gasteiger partial charge on any atom is -0.465 e. The fraction of sp³-hybridized carbons (Fsp3) is 0.158. The first-order chi connectivity index (χ1) is 13.5. The summed E-state index contributed by atoms with van der Waals surface area (Å²) in [5.41, 5.74) is -0.264. The number of carbonyl (C=O) groups is 4. The molecular weight excluding hydrogens is 372 g/mol. The summed E-state index contributed by atoms with van der Waals surface area (Å²) in [6.45, 7) is 1.75. The molecule has 0 amide bonds. The number of hydrogen-bond donors (Lipinski definition) is 0. The molecule has 2 aromatic rings. The van der Waals surface area contributed by atoms with Gasteiger partial charge in [-0.05, 0) is 31.2 Å². The van der Waals surface area contributed by atoms with Crippen LogP contribution in [0.25, 0.3) is 0 Å². The van der Waals surface area contributed by atoms with E-state index in [0.717, 1.165) is 0 Å². The van der Waals surface area contributed by atoms with E-state index in [9.17, 15) is 19.2 Å². The molecule has 0 aromatic heterocycles. The maximum atomic E-state index is 12.2. The third-order valence-corrected chi connectivity index (χ3v) is 3.32. The minimum absolute atomic E-state index is 0.00519. The van der Waals surface area contributed by atoms with Gasteiger partial charge >= 0.3 is 18.1 Å². The van der Waals surface area contributed by atoms with Gasteiger partial charge in [0.25, 0.3) is 6.47 Å². The van der Waals surface area contributed by atoms with E-state index in [1.54, 1.807) is 13.0 Å². The predicted molar refractivity (Wildman–Crippen MR) is 93.5 cm³/mol. The van der Waals surface area contributed by atoms with Crippen LogP contribution in [0.1, 0.15) is 27.6 Å². The molecule has 146 valence electrons. The molecule has 0 spiro atoms. The van der Waals surface area contributed by atoms with Crippen molar-refractivity contribution in [2.45, 2.75) is 6.92 Å². The van der Waals surface area contributed by atoms with Crippen molar-refractivity contribution in [2.24, 2.45) is 0 Å². The summed E-state index contributed by atoms with van der Waals surface area (Å²) in [6, 6.07) is 9.87. The molecule has 9 nitrogen and oxygen atoms in total. The molecule has 0 heterocycles. The zero-order valence-electron chi connectivity index (χ0n) is 15.0. The lowest BCUT2D eigenvalue weighted by Crippen LogP contribution is -2.18. The molecule has 0 radical (unpaired) electrons. The molecule has 2 aromatic carbocycles. The van der Waals surface area contributed by atoms with Gasteiger partial charge in [0.1, 0.15) is 22.6 Å². The van der Waals surface area contributed by atoms with Gasteiger partial charge in [0.2, 0.25) is 0 Å². The first-order valence-corrected chi connectivity index (χ1v) is 7.99. The van der Waals surface area contributed by atoms with Gasteiger partial charge in [0.15, 0.2) is 5.75 Å². The largest absolute Gasteiger partial charge is 0.519 e. The predicted octanol–water partition coefficient (Wildman–Crippen LogP) is 2.76. The number of methoxy groups -OCH3 is 1. The van der Waals surface area contributed by atoms with Crippen LogP contribution in [0.5, 0.6) is 17.2 Å². The van der Waals surface area contributed by atoms with Gasteiger partial charge < -0.3 is 23.7 Å². The number of hydrogen-bond acceptors (Lipinski definition) is 9. The summed E-state index contributed by atoms with van der Waals surface area (Å²) in [6.07, 6.45) is -1.23. The highest BCUT2D eigenvalue weighted by molar-refractivity contribution is 5.97. The Morgan fingerprint density at radius 1 is 0.893 bits per heavy atom. The van der Waals surface area contributed by atoms with E-state index in [2.05, 4.69) is 4.74 Å². The van der Waals surface area contributed by atoms with Gasteiger partial charge in [0, 0.05) is 0 Å². The molecule has 0 saturated heterocycles. The summed E-state index contributed by atoms with van der Waals surface area (Å²) < 4.78 is 24.3. The van der Waals surface area contributed by atoms with E-state index in [0.29, 0.717) is 0 Å². The van der Waals surface area contributed by atoms with Crippen molar-refractivity contribution < 1.29 is 42.9 Å². The van der Waals surface area contributed by atoms with Crippen LogP contribution in [0, 0.1) is 0 Å². The third-order valence-electron chi connectivity index (χ3n) is 3.32. The first kappa shape index (κ1) is 20.4. The van der Waals surface area contributed by atoms with E-state index in [-0.39, 0.29) is 41.5 Å². The van der Waals surface area contributed by atoms with Crippen molar-refractivity contribution in [1.29, 1.82) is 0 Å². The molecule has 0 unspecified atom stereocenters. The molecule has 0 fully saturated rings. The second-order valence-electron chi connectivity index (χ2n) is 5.01. The molecular formula is C19H16O9. The van der Waals surface area contributed by atoms with Gasteiger partial charge in [0.05, 0.1) is 13.7 Å². The van der Waals surface area contributed by atoms with E-state index in [4.69, 9.17) is 18.9 Å². The van der Waals surface area contributed by atoms with Crippen molar-refractivity contribution in [3.63, 3.8) is 0 Å². The standard InChI is InChI=1S/C19H16O9/c1-3-25-18(22)16-14(26-11-20)9-6-10-15(16)28-19(23)27-13-8-5-4-7-12(13)17(21)24-2/h4-11H,3H2,1-2H3. The second kappa shape index (κ2) is 9.72. The Labute approximate surface area is 159 Å². The SMILES string of the molecule is CCOC(=O)c1c(OC=O)cccc1OC(=O)Oc1ccccc1C(=O)OC. The summed E-state index contributed by atoms with van der Waals surface area (Å²) >= 11 is 0.